The summed E-state index contributed by atoms with van der Waals surface area (Å²) < 4.78 is 67.3. The maximum Gasteiger partial charge on any atom is 0.471 e. The molecule has 164 valence electrons. The van der Waals surface area contributed by atoms with Crippen LogP contribution in [0.2, 0.25) is 0 Å². The largest absolute Gasteiger partial charge is 0.471 e. The molecule has 3 rings (SSSR count). The molecule has 0 spiro atoms. The highest BCUT2D eigenvalue weighted by Gasteiger charge is 2.38. The number of carbonyl (C=O) groups is 1. The monoisotopic (exact) mass is 446 g/mol. The third-order valence-electron chi connectivity index (χ3n) is 5.13. The van der Waals surface area contributed by atoms with Gasteiger partial charge in [0.25, 0.3) is 5.91 Å². The van der Waals surface area contributed by atoms with Gasteiger partial charge in [0.1, 0.15) is 0 Å². The maximum absolute atomic E-state index is 12.7. The molecule has 1 fully saturated rings. The first kappa shape index (κ1) is 22.2. The van der Waals surface area contributed by atoms with Crippen molar-refractivity contribution in [3.05, 3.63) is 35.7 Å². The molecule has 2 heterocycles. The number of amides is 1. The second-order valence-electron chi connectivity index (χ2n) is 6.94. The lowest BCUT2D eigenvalue weighted by molar-refractivity contribution is -0.159. The molecule has 30 heavy (non-hydrogen) atoms. The van der Waals surface area contributed by atoms with E-state index in [2.05, 4.69) is 14.7 Å². The van der Waals surface area contributed by atoms with Gasteiger partial charge in [0.2, 0.25) is 15.8 Å². The van der Waals surface area contributed by atoms with Crippen molar-refractivity contribution in [1.82, 2.24) is 19.3 Å². The fourth-order valence-electron chi connectivity index (χ4n) is 3.26. The number of aromatic nitrogens is 2. The van der Waals surface area contributed by atoms with Crippen molar-refractivity contribution in [1.29, 1.82) is 0 Å². The van der Waals surface area contributed by atoms with Crippen LogP contribution in [-0.4, -0.2) is 65.6 Å². The third-order valence-corrected chi connectivity index (χ3v) is 7.03. The van der Waals surface area contributed by atoms with Crippen LogP contribution in [0.15, 0.2) is 28.8 Å². The molecular weight excluding hydrogens is 425 g/mol. The predicted octanol–water partition coefficient (Wildman–Crippen LogP) is 2.64. The second kappa shape index (κ2) is 8.34. The number of alkyl halides is 3. The van der Waals surface area contributed by atoms with Crippen LogP contribution in [0.4, 0.5) is 13.2 Å². The summed E-state index contributed by atoms with van der Waals surface area (Å²) in [5.41, 5.74) is 0.655. The summed E-state index contributed by atoms with van der Waals surface area (Å²) in [7, 11) is -1.73. The van der Waals surface area contributed by atoms with Crippen LogP contribution in [0.3, 0.4) is 0 Å². The van der Waals surface area contributed by atoms with E-state index in [9.17, 15) is 26.4 Å². The van der Waals surface area contributed by atoms with Gasteiger partial charge in [-0.05, 0) is 31.9 Å². The molecule has 0 N–H and O–H groups in total. The van der Waals surface area contributed by atoms with Crippen LogP contribution in [-0.2, 0) is 16.2 Å². The van der Waals surface area contributed by atoms with Crippen molar-refractivity contribution >= 4 is 15.9 Å². The number of halogens is 3. The highest BCUT2D eigenvalue weighted by Crippen LogP contribution is 2.29. The van der Waals surface area contributed by atoms with Gasteiger partial charge in [-0.2, -0.15) is 18.2 Å². The molecule has 0 unspecified atom stereocenters. The maximum atomic E-state index is 12.7. The van der Waals surface area contributed by atoms with E-state index in [-0.39, 0.29) is 29.1 Å². The number of sulfonamides is 1. The number of likely N-dealkylation sites (tertiary alicyclic amines) is 1. The molecule has 1 aliphatic rings. The van der Waals surface area contributed by atoms with Gasteiger partial charge in [-0.1, -0.05) is 17.3 Å². The average molecular weight is 446 g/mol. The minimum Gasteiger partial charge on any atom is -0.339 e. The highest BCUT2D eigenvalue weighted by atomic mass is 32.2. The first-order valence-electron chi connectivity index (χ1n) is 9.29. The molecule has 12 heteroatoms. The summed E-state index contributed by atoms with van der Waals surface area (Å²) in [6.07, 6.45) is -3.66. The van der Waals surface area contributed by atoms with E-state index in [1.54, 1.807) is 18.9 Å². The van der Waals surface area contributed by atoms with E-state index in [1.807, 2.05) is 0 Å². The number of nitrogens with zero attached hydrogens (tertiary/aromatic N) is 4. The van der Waals surface area contributed by atoms with Gasteiger partial charge in [0.15, 0.2) is 0 Å². The SMILES string of the molecule is CCS(=O)(=O)N(C)C1CCN(C(=O)c2ccc(-c3noc(C(F)(F)F)n3)cc2)CC1. The van der Waals surface area contributed by atoms with E-state index in [0.29, 0.717) is 31.5 Å². The zero-order valence-corrected chi connectivity index (χ0v) is 17.2. The van der Waals surface area contributed by atoms with E-state index >= 15 is 0 Å². The van der Waals surface area contributed by atoms with Gasteiger partial charge in [-0.25, -0.2) is 12.7 Å². The molecule has 0 radical (unpaired) electrons. The molecule has 2 aromatic rings. The van der Waals surface area contributed by atoms with Crippen LogP contribution < -0.4 is 0 Å². The van der Waals surface area contributed by atoms with Crippen LogP contribution in [0.1, 0.15) is 36.0 Å². The lowest BCUT2D eigenvalue weighted by atomic mass is 10.0. The van der Waals surface area contributed by atoms with Gasteiger partial charge < -0.3 is 9.42 Å². The Bertz CT molecular complexity index is 997. The summed E-state index contributed by atoms with van der Waals surface area (Å²) >= 11 is 0. The van der Waals surface area contributed by atoms with Crippen molar-refractivity contribution < 1.29 is 30.9 Å². The highest BCUT2D eigenvalue weighted by molar-refractivity contribution is 7.89. The molecule has 1 aliphatic heterocycles. The number of piperidine rings is 1. The molecule has 1 aromatic heterocycles. The van der Waals surface area contributed by atoms with E-state index in [1.165, 1.54) is 28.6 Å². The molecule has 8 nitrogen and oxygen atoms in total. The fourth-order valence-corrected chi connectivity index (χ4v) is 4.34. The first-order chi connectivity index (χ1) is 14.0. The smallest absolute Gasteiger partial charge is 0.339 e. The molecule has 1 saturated heterocycles. The Balaban J connectivity index is 1.64. The molecular formula is C18H21F3N4O4S. The second-order valence-corrected chi connectivity index (χ2v) is 9.26. The van der Waals surface area contributed by atoms with Crippen molar-refractivity contribution in [2.45, 2.75) is 32.0 Å². The number of hydrogen-bond acceptors (Lipinski definition) is 6. The average Bonchev–Trinajstić information content (AvgIpc) is 3.24. The van der Waals surface area contributed by atoms with Gasteiger partial charge in [0, 0.05) is 37.3 Å². The molecule has 0 aliphatic carbocycles. The molecule has 0 atom stereocenters. The van der Waals surface area contributed by atoms with Crippen molar-refractivity contribution in [2.24, 2.45) is 0 Å². The summed E-state index contributed by atoms with van der Waals surface area (Å²) in [6.45, 7) is 2.41. The van der Waals surface area contributed by atoms with Crippen LogP contribution >= 0.6 is 0 Å². The third kappa shape index (κ3) is 4.64. The Hall–Kier alpha value is -2.47. The number of hydrogen-bond donors (Lipinski definition) is 0. The number of carbonyl (C=O) groups excluding carboxylic acids is 1. The molecule has 0 bridgehead atoms. The Morgan fingerprint density at radius 2 is 1.83 bits per heavy atom. The first-order valence-corrected chi connectivity index (χ1v) is 10.9. The van der Waals surface area contributed by atoms with Gasteiger partial charge in [-0.3, -0.25) is 4.79 Å². The fraction of sp³-hybridized carbons (Fsp3) is 0.500. The van der Waals surface area contributed by atoms with E-state index in [0.717, 1.165) is 0 Å². The standard InChI is InChI=1S/C18H21F3N4O4S/c1-3-30(27,28)24(2)14-8-10-25(11-9-14)16(26)13-6-4-12(5-7-13)15-22-17(29-23-15)18(19,20)21/h4-7,14H,3,8-11H2,1-2H3. The molecule has 1 amide bonds. The van der Waals surface area contributed by atoms with Crippen molar-refractivity contribution in [2.75, 3.05) is 25.9 Å². The number of rotatable bonds is 5. The summed E-state index contributed by atoms with van der Waals surface area (Å²) in [4.78, 5) is 17.7. The lowest BCUT2D eigenvalue weighted by Gasteiger charge is -2.36. The quantitative estimate of drug-likeness (QED) is 0.701. The van der Waals surface area contributed by atoms with Crippen molar-refractivity contribution in [3.63, 3.8) is 0 Å². The Morgan fingerprint density at radius 1 is 1.23 bits per heavy atom. The van der Waals surface area contributed by atoms with Gasteiger partial charge >= 0.3 is 12.1 Å². The Labute approximate surface area is 171 Å². The van der Waals surface area contributed by atoms with Crippen molar-refractivity contribution in [3.8, 4) is 11.4 Å². The van der Waals surface area contributed by atoms with E-state index < -0.39 is 22.1 Å². The predicted molar refractivity (Wildman–Crippen MR) is 101 cm³/mol. The minimum atomic E-state index is -4.72. The Morgan fingerprint density at radius 3 is 2.33 bits per heavy atom. The van der Waals surface area contributed by atoms with Gasteiger partial charge in [0.05, 0.1) is 5.75 Å². The Kier molecular flexibility index (Phi) is 6.18. The lowest BCUT2D eigenvalue weighted by Crippen LogP contribution is -2.47. The number of benzene rings is 1. The van der Waals surface area contributed by atoms with Crippen LogP contribution in [0.25, 0.3) is 11.4 Å². The molecule has 1 aromatic carbocycles. The normalized spacial score (nSPS) is 16.3. The topological polar surface area (TPSA) is 96.6 Å². The minimum absolute atomic E-state index is 0.0276. The zero-order valence-electron chi connectivity index (χ0n) is 16.4. The van der Waals surface area contributed by atoms with Crippen LogP contribution in [0, 0.1) is 0 Å². The molecule has 0 saturated carbocycles. The summed E-state index contributed by atoms with van der Waals surface area (Å²) in [6, 6.07) is 5.73. The zero-order chi connectivity index (χ0) is 22.1. The van der Waals surface area contributed by atoms with Crippen LogP contribution in [0.5, 0.6) is 0 Å². The van der Waals surface area contributed by atoms with Gasteiger partial charge in [-0.15, -0.1) is 0 Å². The summed E-state index contributed by atoms with van der Waals surface area (Å²) in [5, 5.41) is 3.31. The summed E-state index contributed by atoms with van der Waals surface area (Å²) in [5.74, 6) is -1.86. The van der Waals surface area contributed by atoms with E-state index in [4.69, 9.17) is 0 Å².